The SMILES string of the molecule is O=C(c1ccc2c(c1)CCC2)C1CCC(F)(F)CC1. The van der Waals surface area contributed by atoms with Crippen LogP contribution in [-0.4, -0.2) is 11.7 Å². The van der Waals surface area contributed by atoms with Gasteiger partial charge in [-0.2, -0.15) is 0 Å². The van der Waals surface area contributed by atoms with Crippen LogP contribution in [0.3, 0.4) is 0 Å². The number of rotatable bonds is 2. The molecule has 0 radical (unpaired) electrons. The Labute approximate surface area is 112 Å². The highest BCUT2D eigenvalue weighted by Crippen LogP contribution is 2.37. The van der Waals surface area contributed by atoms with E-state index in [2.05, 4.69) is 0 Å². The van der Waals surface area contributed by atoms with E-state index < -0.39 is 5.92 Å². The third kappa shape index (κ3) is 2.56. The number of Topliss-reactive ketones (excluding diaryl/α,β-unsaturated/α-hetero) is 1. The van der Waals surface area contributed by atoms with Gasteiger partial charge in [-0.15, -0.1) is 0 Å². The summed E-state index contributed by atoms with van der Waals surface area (Å²) in [4.78, 5) is 12.4. The molecule has 19 heavy (non-hydrogen) atoms. The lowest BCUT2D eigenvalue weighted by atomic mass is 9.82. The van der Waals surface area contributed by atoms with Gasteiger partial charge in [0.05, 0.1) is 0 Å². The first kappa shape index (κ1) is 12.8. The van der Waals surface area contributed by atoms with E-state index in [0.29, 0.717) is 12.8 Å². The number of carbonyl (C=O) groups excluding carboxylic acids is 1. The first-order valence-electron chi connectivity index (χ1n) is 7.09. The highest BCUT2D eigenvalue weighted by molar-refractivity contribution is 5.98. The molecule has 3 heteroatoms. The molecule has 0 amide bonds. The molecule has 0 spiro atoms. The van der Waals surface area contributed by atoms with E-state index in [1.54, 1.807) is 0 Å². The van der Waals surface area contributed by atoms with Crippen LogP contribution in [0.1, 0.15) is 53.6 Å². The smallest absolute Gasteiger partial charge is 0.248 e. The molecule has 1 aromatic carbocycles. The number of alkyl halides is 2. The molecule has 2 aliphatic rings. The maximum absolute atomic E-state index is 13.1. The van der Waals surface area contributed by atoms with E-state index in [0.717, 1.165) is 24.8 Å². The quantitative estimate of drug-likeness (QED) is 0.732. The monoisotopic (exact) mass is 264 g/mol. The second kappa shape index (κ2) is 4.69. The van der Waals surface area contributed by atoms with Gasteiger partial charge < -0.3 is 0 Å². The molecule has 0 atom stereocenters. The highest BCUT2D eigenvalue weighted by Gasteiger charge is 2.37. The summed E-state index contributed by atoms with van der Waals surface area (Å²) in [6.07, 6.45) is 3.65. The first-order chi connectivity index (χ1) is 9.05. The Balaban J connectivity index is 1.74. The van der Waals surface area contributed by atoms with Gasteiger partial charge in [0.2, 0.25) is 5.92 Å². The number of benzene rings is 1. The average molecular weight is 264 g/mol. The summed E-state index contributed by atoms with van der Waals surface area (Å²) in [5.41, 5.74) is 3.33. The van der Waals surface area contributed by atoms with Gasteiger partial charge in [-0.25, -0.2) is 8.78 Å². The topological polar surface area (TPSA) is 17.1 Å². The van der Waals surface area contributed by atoms with Gasteiger partial charge in [0.25, 0.3) is 0 Å². The largest absolute Gasteiger partial charge is 0.294 e. The standard InChI is InChI=1S/C16H18F2O/c17-16(18)8-6-12(7-9-16)15(19)14-5-4-11-2-1-3-13(11)10-14/h4-5,10,12H,1-3,6-9H2. The summed E-state index contributed by atoms with van der Waals surface area (Å²) < 4.78 is 26.2. The lowest BCUT2D eigenvalue weighted by molar-refractivity contribution is -0.0424. The molecule has 0 aromatic heterocycles. The Morgan fingerprint density at radius 2 is 1.79 bits per heavy atom. The minimum atomic E-state index is -2.56. The third-order valence-corrected chi connectivity index (χ3v) is 4.47. The molecular formula is C16H18F2O. The van der Waals surface area contributed by atoms with Gasteiger partial charge in [-0.1, -0.05) is 12.1 Å². The molecule has 0 saturated heterocycles. The number of fused-ring (bicyclic) bond motifs is 1. The fourth-order valence-electron chi connectivity index (χ4n) is 3.26. The Bertz CT molecular complexity index is 497. The van der Waals surface area contributed by atoms with Crippen molar-refractivity contribution in [3.8, 4) is 0 Å². The van der Waals surface area contributed by atoms with E-state index in [1.807, 2.05) is 18.2 Å². The van der Waals surface area contributed by atoms with Gasteiger partial charge in [-0.3, -0.25) is 4.79 Å². The number of ketones is 1. The summed E-state index contributed by atoms with van der Waals surface area (Å²) in [7, 11) is 0. The van der Waals surface area contributed by atoms with Crippen LogP contribution in [0.15, 0.2) is 18.2 Å². The first-order valence-corrected chi connectivity index (χ1v) is 7.09. The zero-order valence-electron chi connectivity index (χ0n) is 10.9. The van der Waals surface area contributed by atoms with Crippen LogP contribution in [0.4, 0.5) is 8.78 Å². The summed E-state index contributed by atoms with van der Waals surface area (Å²) in [6.45, 7) is 0. The van der Waals surface area contributed by atoms with Crippen LogP contribution in [0.5, 0.6) is 0 Å². The van der Waals surface area contributed by atoms with Crippen molar-refractivity contribution in [3.63, 3.8) is 0 Å². The molecule has 1 fully saturated rings. The normalized spacial score (nSPS) is 22.2. The van der Waals surface area contributed by atoms with Crippen LogP contribution in [0.2, 0.25) is 0 Å². The van der Waals surface area contributed by atoms with Crippen LogP contribution < -0.4 is 0 Å². The second-order valence-corrected chi connectivity index (χ2v) is 5.83. The minimum Gasteiger partial charge on any atom is -0.294 e. The van der Waals surface area contributed by atoms with E-state index in [-0.39, 0.29) is 24.5 Å². The van der Waals surface area contributed by atoms with E-state index in [4.69, 9.17) is 0 Å². The molecule has 0 heterocycles. The van der Waals surface area contributed by atoms with Crippen LogP contribution in [-0.2, 0) is 12.8 Å². The predicted octanol–water partition coefficient (Wildman–Crippen LogP) is 4.18. The number of hydrogen-bond donors (Lipinski definition) is 0. The Kier molecular flexibility index (Phi) is 3.15. The minimum absolute atomic E-state index is 0.0604. The van der Waals surface area contributed by atoms with Crippen LogP contribution in [0, 0.1) is 5.92 Å². The fraction of sp³-hybridized carbons (Fsp3) is 0.562. The second-order valence-electron chi connectivity index (χ2n) is 5.83. The van der Waals surface area contributed by atoms with Crippen molar-refractivity contribution >= 4 is 5.78 Å². The molecule has 1 saturated carbocycles. The number of carbonyl (C=O) groups is 1. The summed E-state index contributed by atoms with van der Waals surface area (Å²) in [5, 5.41) is 0. The van der Waals surface area contributed by atoms with Crippen molar-refractivity contribution in [2.24, 2.45) is 5.92 Å². The zero-order valence-corrected chi connectivity index (χ0v) is 10.9. The van der Waals surface area contributed by atoms with Crippen molar-refractivity contribution in [3.05, 3.63) is 34.9 Å². The van der Waals surface area contributed by atoms with Crippen molar-refractivity contribution in [1.82, 2.24) is 0 Å². The van der Waals surface area contributed by atoms with Crippen molar-refractivity contribution in [1.29, 1.82) is 0 Å². The van der Waals surface area contributed by atoms with Crippen molar-refractivity contribution in [2.75, 3.05) is 0 Å². The summed E-state index contributed by atoms with van der Waals surface area (Å²) in [5.74, 6) is -2.71. The van der Waals surface area contributed by atoms with Gasteiger partial charge in [-0.05, 0) is 49.3 Å². The zero-order chi connectivity index (χ0) is 13.5. The molecule has 102 valence electrons. The Hall–Kier alpha value is -1.25. The lowest BCUT2D eigenvalue weighted by Gasteiger charge is -2.27. The van der Waals surface area contributed by atoms with Gasteiger partial charge in [0, 0.05) is 24.3 Å². The number of aryl methyl sites for hydroxylation is 2. The Morgan fingerprint density at radius 3 is 2.53 bits per heavy atom. The van der Waals surface area contributed by atoms with Crippen molar-refractivity contribution < 1.29 is 13.6 Å². The highest BCUT2D eigenvalue weighted by atomic mass is 19.3. The molecule has 0 bridgehead atoms. The van der Waals surface area contributed by atoms with E-state index in [9.17, 15) is 13.6 Å². The van der Waals surface area contributed by atoms with Gasteiger partial charge in [0.15, 0.2) is 5.78 Å². The van der Waals surface area contributed by atoms with Crippen molar-refractivity contribution in [2.45, 2.75) is 50.9 Å². The summed E-state index contributed by atoms with van der Waals surface area (Å²) >= 11 is 0. The number of hydrogen-bond acceptors (Lipinski definition) is 1. The predicted molar refractivity (Wildman–Crippen MR) is 69.7 cm³/mol. The van der Waals surface area contributed by atoms with Gasteiger partial charge in [0.1, 0.15) is 0 Å². The van der Waals surface area contributed by atoms with E-state index in [1.165, 1.54) is 11.1 Å². The lowest BCUT2D eigenvalue weighted by Crippen LogP contribution is -2.28. The van der Waals surface area contributed by atoms with Gasteiger partial charge >= 0.3 is 0 Å². The van der Waals surface area contributed by atoms with Crippen LogP contribution >= 0.6 is 0 Å². The molecule has 0 unspecified atom stereocenters. The fourth-order valence-corrected chi connectivity index (χ4v) is 3.26. The average Bonchev–Trinajstić information content (AvgIpc) is 2.85. The molecule has 1 aromatic rings. The Morgan fingerprint density at radius 1 is 1.11 bits per heavy atom. The number of halogens is 2. The molecule has 3 rings (SSSR count). The summed E-state index contributed by atoms with van der Waals surface area (Å²) in [6, 6.07) is 5.89. The maximum Gasteiger partial charge on any atom is 0.248 e. The molecule has 1 nitrogen and oxygen atoms in total. The third-order valence-electron chi connectivity index (χ3n) is 4.47. The van der Waals surface area contributed by atoms with Crippen LogP contribution in [0.25, 0.3) is 0 Å². The van der Waals surface area contributed by atoms with E-state index >= 15 is 0 Å². The molecule has 0 aliphatic heterocycles. The molecule has 0 N–H and O–H groups in total. The maximum atomic E-state index is 13.1. The molecule has 2 aliphatic carbocycles. The molecular weight excluding hydrogens is 246 g/mol.